The molecule has 4 nitrogen and oxygen atoms in total. The van der Waals surface area contributed by atoms with Crippen LogP contribution in [-0.4, -0.2) is 10.9 Å². The van der Waals surface area contributed by atoms with Crippen LogP contribution in [0.2, 0.25) is 0 Å². The molecule has 1 amide bonds. The molecule has 1 atom stereocenters. The number of nitrogens with one attached hydrogen (secondary N) is 1. The summed E-state index contributed by atoms with van der Waals surface area (Å²) >= 11 is 0. The van der Waals surface area contributed by atoms with Crippen LogP contribution in [0.3, 0.4) is 0 Å². The zero-order chi connectivity index (χ0) is 17.4. The average molecular weight is 330 g/mol. The van der Waals surface area contributed by atoms with Gasteiger partial charge < -0.3 is 10.1 Å². The first-order valence-corrected chi connectivity index (χ1v) is 8.22. The first-order valence-electron chi connectivity index (χ1n) is 8.22. The Labute approximate surface area is 142 Å². The second-order valence-corrected chi connectivity index (χ2v) is 5.90. The smallest absolute Gasteiger partial charge is 0.224 e. The number of pyridine rings is 1. The fourth-order valence-electron chi connectivity index (χ4n) is 2.47. The molecule has 24 heavy (non-hydrogen) atoms. The second kappa shape index (κ2) is 9.01. The van der Waals surface area contributed by atoms with E-state index in [1.54, 1.807) is 24.4 Å². The highest BCUT2D eigenvalue weighted by Gasteiger charge is 2.11. The molecule has 0 aliphatic rings. The van der Waals surface area contributed by atoms with Crippen LogP contribution in [0.15, 0.2) is 42.6 Å². The standard InChI is InChI=1S/C19H23FN2O2/c1-3-6-14(2)11-18(23)22-13-15-7-5-10-21-19(15)24-17-9-4-8-16(20)12-17/h4-5,7-10,12,14H,3,6,11,13H2,1-2H3,(H,22,23). The predicted octanol–water partition coefficient (Wildman–Crippen LogP) is 4.46. The Hall–Kier alpha value is -2.43. The molecule has 1 heterocycles. The van der Waals surface area contributed by atoms with Crippen molar-refractivity contribution in [2.75, 3.05) is 0 Å². The zero-order valence-electron chi connectivity index (χ0n) is 14.1. The maximum atomic E-state index is 13.3. The first-order chi connectivity index (χ1) is 11.6. The summed E-state index contributed by atoms with van der Waals surface area (Å²) in [6, 6.07) is 9.49. The number of hydrogen-bond acceptors (Lipinski definition) is 3. The van der Waals surface area contributed by atoms with E-state index < -0.39 is 0 Å². The molecule has 0 bridgehead atoms. The van der Waals surface area contributed by atoms with Gasteiger partial charge in [-0.05, 0) is 24.1 Å². The first kappa shape index (κ1) is 17.9. The van der Waals surface area contributed by atoms with Crippen molar-refractivity contribution in [2.24, 2.45) is 5.92 Å². The summed E-state index contributed by atoms with van der Waals surface area (Å²) in [5.41, 5.74) is 0.748. The summed E-state index contributed by atoms with van der Waals surface area (Å²) in [6.07, 6.45) is 4.22. The molecule has 2 rings (SSSR count). The van der Waals surface area contributed by atoms with Crippen molar-refractivity contribution >= 4 is 5.91 Å². The van der Waals surface area contributed by atoms with E-state index in [0.717, 1.165) is 18.4 Å². The van der Waals surface area contributed by atoms with Gasteiger partial charge in [-0.1, -0.05) is 38.8 Å². The molecule has 128 valence electrons. The van der Waals surface area contributed by atoms with Gasteiger partial charge in [0.05, 0.1) is 0 Å². The van der Waals surface area contributed by atoms with Crippen molar-refractivity contribution in [1.29, 1.82) is 0 Å². The highest BCUT2D eigenvalue weighted by Crippen LogP contribution is 2.23. The van der Waals surface area contributed by atoms with E-state index in [-0.39, 0.29) is 11.7 Å². The monoisotopic (exact) mass is 330 g/mol. The molecule has 0 aliphatic heterocycles. The van der Waals surface area contributed by atoms with Gasteiger partial charge in [-0.15, -0.1) is 0 Å². The Kier molecular flexibility index (Phi) is 6.73. The summed E-state index contributed by atoms with van der Waals surface area (Å²) in [7, 11) is 0. The van der Waals surface area contributed by atoms with Gasteiger partial charge >= 0.3 is 0 Å². The van der Waals surface area contributed by atoms with Crippen LogP contribution in [0, 0.1) is 11.7 Å². The number of benzene rings is 1. The summed E-state index contributed by atoms with van der Waals surface area (Å²) in [6.45, 7) is 4.52. The van der Waals surface area contributed by atoms with Gasteiger partial charge in [-0.2, -0.15) is 0 Å². The minimum atomic E-state index is -0.372. The highest BCUT2D eigenvalue weighted by atomic mass is 19.1. The van der Waals surface area contributed by atoms with Gasteiger partial charge in [-0.25, -0.2) is 9.37 Å². The Morgan fingerprint density at radius 2 is 2.17 bits per heavy atom. The van der Waals surface area contributed by atoms with Crippen molar-refractivity contribution in [3.63, 3.8) is 0 Å². The summed E-state index contributed by atoms with van der Waals surface area (Å²) in [4.78, 5) is 16.2. The fourth-order valence-corrected chi connectivity index (χ4v) is 2.47. The van der Waals surface area contributed by atoms with Crippen LogP contribution in [0.1, 0.15) is 38.7 Å². The minimum Gasteiger partial charge on any atom is -0.439 e. The maximum absolute atomic E-state index is 13.3. The van der Waals surface area contributed by atoms with Gasteiger partial charge in [0.25, 0.3) is 0 Å². The molecule has 0 radical (unpaired) electrons. The third-order valence-corrected chi connectivity index (χ3v) is 3.65. The van der Waals surface area contributed by atoms with Crippen molar-refractivity contribution < 1.29 is 13.9 Å². The average Bonchev–Trinajstić information content (AvgIpc) is 2.54. The number of aromatic nitrogens is 1. The Morgan fingerprint density at radius 1 is 1.33 bits per heavy atom. The molecule has 1 N–H and O–H groups in total. The van der Waals surface area contributed by atoms with E-state index in [1.165, 1.54) is 12.1 Å². The SMILES string of the molecule is CCCC(C)CC(=O)NCc1cccnc1Oc1cccc(F)c1. The van der Waals surface area contributed by atoms with Gasteiger partial charge in [-0.3, -0.25) is 4.79 Å². The number of amides is 1. The van der Waals surface area contributed by atoms with Crippen LogP contribution in [0.25, 0.3) is 0 Å². The Bertz CT molecular complexity index is 676. The van der Waals surface area contributed by atoms with Gasteiger partial charge in [0.15, 0.2) is 0 Å². The molecule has 1 aromatic carbocycles. The Morgan fingerprint density at radius 3 is 2.92 bits per heavy atom. The van der Waals surface area contributed by atoms with Crippen LogP contribution in [0.5, 0.6) is 11.6 Å². The lowest BCUT2D eigenvalue weighted by atomic mass is 10.0. The molecule has 0 spiro atoms. The van der Waals surface area contributed by atoms with Crippen molar-refractivity contribution in [3.8, 4) is 11.6 Å². The van der Waals surface area contributed by atoms with Gasteiger partial charge in [0.2, 0.25) is 11.8 Å². The molecule has 0 saturated carbocycles. The normalized spacial score (nSPS) is 11.8. The second-order valence-electron chi connectivity index (χ2n) is 5.90. The third kappa shape index (κ3) is 5.65. The number of halogens is 1. The number of nitrogens with zero attached hydrogens (tertiary/aromatic N) is 1. The summed E-state index contributed by atoms with van der Waals surface area (Å²) in [5, 5.41) is 2.89. The van der Waals surface area contributed by atoms with E-state index in [4.69, 9.17) is 4.74 Å². The number of carbonyl (C=O) groups is 1. The molecule has 0 fully saturated rings. The summed E-state index contributed by atoms with van der Waals surface area (Å²) < 4.78 is 18.9. The number of ether oxygens (including phenoxy) is 1. The van der Waals surface area contributed by atoms with E-state index in [0.29, 0.717) is 30.5 Å². The van der Waals surface area contributed by atoms with Crippen LogP contribution >= 0.6 is 0 Å². The molecule has 1 unspecified atom stereocenters. The molecule has 2 aromatic rings. The fraction of sp³-hybridized carbons (Fsp3) is 0.368. The zero-order valence-corrected chi connectivity index (χ0v) is 14.1. The lowest BCUT2D eigenvalue weighted by molar-refractivity contribution is -0.122. The van der Waals surface area contributed by atoms with Gasteiger partial charge in [0.1, 0.15) is 11.6 Å². The summed E-state index contributed by atoms with van der Waals surface area (Å²) in [5.74, 6) is 0.745. The lowest BCUT2D eigenvalue weighted by Crippen LogP contribution is -2.24. The Balaban J connectivity index is 1.97. The van der Waals surface area contributed by atoms with Crippen LogP contribution in [-0.2, 0) is 11.3 Å². The topological polar surface area (TPSA) is 51.2 Å². The minimum absolute atomic E-state index is 0.0107. The van der Waals surface area contributed by atoms with Crippen LogP contribution in [0.4, 0.5) is 4.39 Å². The van der Waals surface area contributed by atoms with Gasteiger partial charge in [0, 0.05) is 30.8 Å². The largest absolute Gasteiger partial charge is 0.439 e. The molecular weight excluding hydrogens is 307 g/mol. The van der Waals surface area contributed by atoms with Crippen molar-refractivity contribution in [3.05, 3.63) is 54.0 Å². The highest BCUT2D eigenvalue weighted by molar-refractivity contribution is 5.76. The number of rotatable bonds is 8. The molecule has 1 aromatic heterocycles. The third-order valence-electron chi connectivity index (χ3n) is 3.65. The molecule has 5 heteroatoms. The molecular formula is C19H23FN2O2. The predicted molar refractivity (Wildman–Crippen MR) is 91.2 cm³/mol. The quantitative estimate of drug-likeness (QED) is 0.777. The van der Waals surface area contributed by atoms with E-state index in [9.17, 15) is 9.18 Å². The van der Waals surface area contributed by atoms with Crippen molar-refractivity contribution in [2.45, 2.75) is 39.7 Å². The molecule has 0 saturated heterocycles. The maximum Gasteiger partial charge on any atom is 0.224 e. The van der Waals surface area contributed by atoms with E-state index >= 15 is 0 Å². The number of carbonyl (C=O) groups excluding carboxylic acids is 1. The van der Waals surface area contributed by atoms with E-state index in [1.807, 2.05) is 6.07 Å². The number of hydrogen-bond donors (Lipinski definition) is 1. The van der Waals surface area contributed by atoms with Crippen LogP contribution < -0.4 is 10.1 Å². The lowest BCUT2D eigenvalue weighted by Gasteiger charge is -2.12. The van der Waals surface area contributed by atoms with Crippen molar-refractivity contribution in [1.82, 2.24) is 10.3 Å². The molecule has 0 aliphatic carbocycles. The van der Waals surface area contributed by atoms with E-state index in [2.05, 4.69) is 24.1 Å².